The summed E-state index contributed by atoms with van der Waals surface area (Å²) in [6.07, 6.45) is 4.23. The molecular weight excluding hydrogens is 520 g/mol. The molecule has 0 fully saturated rings. The topological polar surface area (TPSA) is 65.3 Å². The van der Waals surface area contributed by atoms with Crippen LogP contribution in [0.3, 0.4) is 0 Å². The van der Waals surface area contributed by atoms with Crippen LogP contribution >= 0.6 is 11.3 Å². The maximum Gasteiger partial charge on any atom is 0.409 e. The molecule has 4 rings (SSSR count). The highest BCUT2D eigenvalue weighted by Gasteiger charge is 2.25. The van der Waals surface area contributed by atoms with Crippen LogP contribution in [-0.2, 0) is 18.3 Å². The second kappa shape index (κ2) is 13.8. The molecule has 0 aliphatic rings. The Morgan fingerprint density at radius 1 is 0.900 bits per heavy atom. The zero-order chi connectivity index (χ0) is 27.9. The lowest BCUT2D eigenvalue weighted by Crippen LogP contribution is -2.39. The fourth-order valence-corrected chi connectivity index (χ4v) is 5.01. The predicted octanol–water partition coefficient (Wildman–Crippen LogP) is 6.61. The quantitative estimate of drug-likeness (QED) is 0.124. The van der Waals surface area contributed by atoms with Crippen LogP contribution in [0.4, 0.5) is 27.9 Å². The van der Waals surface area contributed by atoms with Gasteiger partial charge < -0.3 is 14.5 Å². The zero-order valence-corrected chi connectivity index (χ0v) is 24.3. The third kappa shape index (κ3) is 7.30. The van der Waals surface area contributed by atoms with E-state index in [-0.39, 0.29) is 13.4 Å². The van der Waals surface area contributed by atoms with Gasteiger partial charge >= 0.3 is 11.1 Å². The van der Waals surface area contributed by atoms with E-state index in [0.717, 1.165) is 35.8 Å². The van der Waals surface area contributed by atoms with Crippen LogP contribution in [0.15, 0.2) is 83.3 Å². The Bertz CT molecular complexity index is 1430. The summed E-state index contributed by atoms with van der Waals surface area (Å²) in [5, 5.41) is 9.49. The first-order valence-electron chi connectivity index (χ1n) is 13.0. The highest BCUT2D eigenvalue weighted by Crippen LogP contribution is 2.29. The van der Waals surface area contributed by atoms with Gasteiger partial charge in [0.2, 0.25) is 0 Å². The van der Waals surface area contributed by atoms with E-state index >= 15 is 0 Å². The Kier molecular flexibility index (Phi) is 10.5. The molecule has 4 aromatic rings. The fraction of sp³-hybridized carbons (Fsp3) is 0.323. The van der Waals surface area contributed by atoms with Gasteiger partial charge in [-0.05, 0) is 73.6 Å². The van der Waals surface area contributed by atoms with E-state index < -0.39 is 0 Å². The lowest BCUT2D eigenvalue weighted by atomic mass is 10.2. The van der Waals surface area contributed by atoms with E-state index in [2.05, 4.69) is 92.4 Å². The molecule has 0 bridgehead atoms. The Hall–Kier alpha value is -4.11. The van der Waals surface area contributed by atoms with Gasteiger partial charge in [0.15, 0.2) is 23.8 Å². The standard InChI is InChI=1S/C30H36N6O2S.CH4/c1-7-38-29(37)28-23(3)34(6)30(39-28)32-31-24-10-14-27(15-11-24)36(26-12-8-22(2)9-13-26)21-20-35-18-16-25(17-19-35)33(4)5;/h8-19H,7,20-21H2,1-6H3;1H4/q+2;. The minimum Gasteiger partial charge on any atom is -0.462 e. The van der Waals surface area contributed by atoms with Gasteiger partial charge in [-0.2, -0.15) is 0 Å². The molecule has 0 atom stereocenters. The molecule has 9 heteroatoms. The first kappa shape index (κ1) is 30.4. The summed E-state index contributed by atoms with van der Waals surface area (Å²) >= 11 is 1.28. The van der Waals surface area contributed by atoms with Crippen molar-refractivity contribution in [2.45, 2.75) is 34.7 Å². The average Bonchev–Trinajstić information content (AvgIpc) is 3.23. The monoisotopic (exact) mass is 560 g/mol. The molecule has 40 heavy (non-hydrogen) atoms. The third-order valence-corrected chi connectivity index (χ3v) is 7.71. The normalized spacial score (nSPS) is 10.8. The van der Waals surface area contributed by atoms with Crippen LogP contribution in [0.25, 0.3) is 0 Å². The Labute approximate surface area is 241 Å². The molecule has 0 unspecified atom stereocenters. The number of rotatable bonds is 10. The van der Waals surface area contributed by atoms with Crippen molar-refractivity contribution in [2.24, 2.45) is 17.3 Å². The van der Waals surface area contributed by atoms with Gasteiger partial charge in [-0.3, -0.25) is 0 Å². The van der Waals surface area contributed by atoms with Crippen LogP contribution in [0, 0.1) is 13.8 Å². The van der Waals surface area contributed by atoms with Gasteiger partial charge in [-0.25, -0.2) is 13.9 Å². The number of anilines is 3. The number of hydrogen-bond donors (Lipinski definition) is 0. The molecule has 210 valence electrons. The van der Waals surface area contributed by atoms with Crippen molar-refractivity contribution in [3.63, 3.8) is 0 Å². The fourth-order valence-electron chi connectivity index (χ4n) is 4.05. The van der Waals surface area contributed by atoms with Crippen molar-refractivity contribution in [3.05, 3.63) is 89.2 Å². The molecule has 2 aromatic carbocycles. The van der Waals surface area contributed by atoms with E-state index in [0.29, 0.717) is 16.6 Å². The molecule has 0 aliphatic carbocycles. The number of ether oxygens (including phenoxy) is 1. The molecule has 0 radical (unpaired) electrons. The number of carbonyl (C=O) groups is 1. The largest absolute Gasteiger partial charge is 0.462 e. The number of aromatic nitrogens is 2. The van der Waals surface area contributed by atoms with E-state index in [1.807, 2.05) is 44.8 Å². The van der Waals surface area contributed by atoms with Crippen molar-refractivity contribution in [1.29, 1.82) is 0 Å². The Morgan fingerprint density at radius 3 is 2.08 bits per heavy atom. The summed E-state index contributed by atoms with van der Waals surface area (Å²) in [4.78, 5) is 17.2. The van der Waals surface area contributed by atoms with Crippen LogP contribution in [-0.4, -0.2) is 33.2 Å². The maximum atomic E-state index is 12.2. The number of azo groups is 1. The van der Waals surface area contributed by atoms with Crippen molar-refractivity contribution in [2.75, 3.05) is 37.0 Å². The number of nitrogens with zero attached hydrogens (tertiary/aromatic N) is 6. The number of esters is 1. The molecule has 2 aromatic heterocycles. The lowest BCUT2D eigenvalue weighted by molar-refractivity contribution is -0.694. The van der Waals surface area contributed by atoms with Crippen LogP contribution < -0.4 is 18.9 Å². The molecular formula is C31H40N6O2S+2. The van der Waals surface area contributed by atoms with E-state index in [1.165, 1.54) is 22.6 Å². The Balaban J connectivity index is 0.00000441. The maximum absolute atomic E-state index is 12.2. The smallest absolute Gasteiger partial charge is 0.409 e. The molecule has 0 amide bonds. The first-order chi connectivity index (χ1) is 18.8. The number of pyridine rings is 1. The van der Waals surface area contributed by atoms with Gasteiger partial charge in [0, 0.05) is 43.3 Å². The summed E-state index contributed by atoms with van der Waals surface area (Å²) in [5.74, 6) is -0.329. The second-order valence-electron chi connectivity index (χ2n) is 9.47. The van der Waals surface area contributed by atoms with Gasteiger partial charge in [-0.1, -0.05) is 25.1 Å². The minimum absolute atomic E-state index is 0. The summed E-state index contributed by atoms with van der Waals surface area (Å²) in [6.45, 7) is 7.75. The molecule has 0 saturated carbocycles. The molecule has 8 nitrogen and oxygen atoms in total. The van der Waals surface area contributed by atoms with Crippen LogP contribution in [0.1, 0.15) is 35.3 Å². The van der Waals surface area contributed by atoms with Crippen LogP contribution in [0.5, 0.6) is 0 Å². The van der Waals surface area contributed by atoms with Crippen molar-refractivity contribution in [3.8, 4) is 0 Å². The van der Waals surface area contributed by atoms with Gasteiger partial charge in [0.25, 0.3) is 0 Å². The molecule has 0 N–H and O–H groups in total. The van der Waals surface area contributed by atoms with Crippen LogP contribution in [0.2, 0.25) is 0 Å². The van der Waals surface area contributed by atoms with E-state index in [9.17, 15) is 4.79 Å². The van der Waals surface area contributed by atoms with Crippen molar-refractivity contribution in [1.82, 2.24) is 0 Å². The van der Waals surface area contributed by atoms with Gasteiger partial charge in [0.1, 0.15) is 11.4 Å². The highest BCUT2D eigenvalue weighted by atomic mass is 32.1. The number of benzene rings is 2. The van der Waals surface area contributed by atoms with Crippen molar-refractivity contribution < 1.29 is 18.7 Å². The van der Waals surface area contributed by atoms with E-state index in [4.69, 9.17) is 4.74 Å². The summed E-state index contributed by atoms with van der Waals surface area (Å²) in [7, 11) is 5.96. The molecule has 0 spiro atoms. The number of aryl methyl sites for hydroxylation is 1. The average molecular weight is 561 g/mol. The molecule has 2 heterocycles. The number of thiazole rings is 1. The summed E-state index contributed by atoms with van der Waals surface area (Å²) in [5.41, 5.74) is 6.16. The zero-order valence-electron chi connectivity index (χ0n) is 23.5. The molecule has 0 saturated heterocycles. The van der Waals surface area contributed by atoms with Gasteiger partial charge in [0.05, 0.1) is 25.3 Å². The van der Waals surface area contributed by atoms with Crippen molar-refractivity contribution >= 4 is 45.2 Å². The lowest BCUT2D eigenvalue weighted by Gasteiger charge is -2.24. The summed E-state index contributed by atoms with van der Waals surface area (Å²) in [6, 6.07) is 20.9. The highest BCUT2D eigenvalue weighted by molar-refractivity contribution is 7.16. The summed E-state index contributed by atoms with van der Waals surface area (Å²) < 4.78 is 9.22. The minimum atomic E-state index is -0.329. The first-order valence-corrected chi connectivity index (χ1v) is 13.8. The number of hydrogen-bond acceptors (Lipinski definition) is 7. The predicted molar refractivity (Wildman–Crippen MR) is 163 cm³/mol. The second-order valence-corrected chi connectivity index (χ2v) is 10.4. The number of carbonyl (C=O) groups excluding carboxylic acids is 1. The Morgan fingerprint density at radius 2 is 1.50 bits per heavy atom. The van der Waals surface area contributed by atoms with E-state index in [1.54, 1.807) is 6.92 Å². The third-order valence-electron chi connectivity index (χ3n) is 6.50. The van der Waals surface area contributed by atoms with Gasteiger partial charge in [-0.15, -0.1) is 0 Å². The molecule has 0 aliphatic heterocycles. The SMILES string of the molecule is C.CCOC(=O)c1sc(N=Nc2ccc(N(CC[n+]3ccc(N(C)C)cc3)c3ccc(C)cc3)cc2)[n+](C)c1C.